The van der Waals surface area contributed by atoms with Gasteiger partial charge in [0.15, 0.2) is 0 Å². The Kier molecular flexibility index (Phi) is 5.56. The molecule has 3 aromatic heterocycles. The van der Waals surface area contributed by atoms with Crippen LogP contribution in [-0.2, 0) is 6.54 Å². The lowest BCUT2D eigenvalue weighted by atomic mass is 10.2. The lowest BCUT2D eigenvalue weighted by molar-refractivity contribution is 0.740. The fourth-order valence-electron chi connectivity index (χ4n) is 3.70. The molecule has 35 heavy (non-hydrogen) atoms. The average molecular weight is 506 g/mol. The number of nitrogens with zero attached hydrogens (tertiary/aromatic N) is 6. The van der Waals surface area contributed by atoms with Crippen LogP contribution in [0.15, 0.2) is 75.2 Å². The van der Waals surface area contributed by atoms with E-state index >= 15 is 0 Å². The number of H-pyrrole nitrogens is 1. The molecule has 10 nitrogen and oxygen atoms in total. The lowest BCUT2D eigenvalue weighted by Gasteiger charge is -2.12. The van der Waals surface area contributed by atoms with Crippen molar-refractivity contribution in [2.75, 3.05) is 0 Å². The molecule has 0 saturated heterocycles. The molecule has 0 aliphatic rings. The number of aromatic amines is 1. The minimum Gasteiger partial charge on any atom is -0.301 e. The molecule has 0 amide bonds. The Morgan fingerprint density at radius 2 is 1.66 bits per heavy atom. The van der Waals surface area contributed by atoms with E-state index in [0.717, 1.165) is 10.2 Å². The Morgan fingerprint density at radius 3 is 2.34 bits per heavy atom. The Labute approximate surface area is 205 Å². The first kappa shape index (κ1) is 22.3. The molecule has 2 aromatic carbocycles. The Balaban J connectivity index is 1.64. The van der Waals surface area contributed by atoms with Crippen LogP contribution in [0.1, 0.15) is 11.3 Å². The molecule has 0 saturated carbocycles. The fourth-order valence-corrected chi connectivity index (χ4v) is 4.34. The van der Waals surface area contributed by atoms with E-state index < -0.39 is 16.9 Å². The molecule has 0 radical (unpaired) electrons. The van der Waals surface area contributed by atoms with E-state index in [9.17, 15) is 14.4 Å². The molecule has 0 aliphatic carbocycles. The number of nitriles is 1. The molecule has 172 valence electrons. The standard InChI is InChI=1S/C23H13Cl2N7O3/c24-15-8-14(31-23(35)28-22(34)17(10-26)29-31)9-16(25)21(15)32-18-6-7-20(33)30(19(18)11-27-32)12-13-4-2-1-3-5-13/h1-9,11H,12H2,(H,28,34,35). The van der Waals surface area contributed by atoms with Gasteiger partial charge in [0, 0.05) is 6.07 Å². The first-order valence-corrected chi connectivity index (χ1v) is 10.9. The van der Waals surface area contributed by atoms with E-state index in [1.54, 1.807) is 22.9 Å². The minimum absolute atomic E-state index is 0.122. The quantitative estimate of drug-likeness (QED) is 0.399. The third-order valence-corrected chi connectivity index (χ3v) is 5.88. The third kappa shape index (κ3) is 3.93. The van der Waals surface area contributed by atoms with Gasteiger partial charge in [-0.05, 0) is 23.8 Å². The van der Waals surface area contributed by atoms with Crippen LogP contribution in [0.3, 0.4) is 0 Å². The third-order valence-electron chi connectivity index (χ3n) is 5.30. The van der Waals surface area contributed by atoms with Crippen LogP contribution in [0.25, 0.3) is 22.4 Å². The van der Waals surface area contributed by atoms with Crippen molar-refractivity contribution in [2.45, 2.75) is 6.54 Å². The van der Waals surface area contributed by atoms with Gasteiger partial charge in [-0.15, -0.1) is 5.10 Å². The summed E-state index contributed by atoms with van der Waals surface area (Å²) in [5.74, 6) is 0. The Morgan fingerprint density at radius 1 is 0.943 bits per heavy atom. The molecular weight excluding hydrogens is 493 g/mol. The van der Waals surface area contributed by atoms with E-state index in [4.69, 9.17) is 28.5 Å². The van der Waals surface area contributed by atoms with Crippen LogP contribution < -0.4 is 16.8 Å². The minimum atomic E-state index is -0.896. The molecule has 1 N–H and O–H groups in total. The second-order valence-corrected chi connectivity index (χ2v) is 8.27. The summed E-state index contributed by atoms with van der Waals surface area (Å²) in [6, 6.07) is 17.0. The summed E-state index contributed by atoms with van der Waals surface area (Å²) in [7, 11) is 0. The Bertz CT molecular complexity index is 1810. The molecule has 5 aromatic rings. The van der Waals surface area contributed by atoms with Crippen molar-refractivity contribution >= 4 is 34.2 Å². The van der Waals surface area contributed by atoms with Gasteiger partial charge in [-0.25, -0.2) is 9.48 Å². The molecule has 5 rings (SSSR count). The number of rotatable bonds is 4. The number of hydrogen-bond donors (Lipinski definition) is 1. The summed E-state index contributed by atoms with van der Waals surface area (Å²) in [6.45, 7) is 0.352. The van der Waals surface area contributed by atoms with Gasteiger partial charge in [-0.3, -0.25) is 14.6 Å². The first-order chi connectivity index (χ1) is 16.9. The van der Waals surface area contributed by atoms with E-state index in [-0.39, 0.29) is 21.3 Å². The number of aromatic nitrogens is 6. The Hall–Kier alpha value is -4.46. The molecule has 0 spiro atoms. The van der Waals surface area contributed by atoms with Crippen LogP contribution in [-0.4, -0.2) is 29.1 Å². The predicted octanol–water partition coefficient (Wildman–Crippen LogP) is 2.65. The highest BCUT2D eigenvalue weighted by molar-refractivity contribution is 6.38. The van der Waals surface area contributed by atoms with E-state index in [1.165, 1.54) is 22.9 Å². The summed E-state index contributed by atoms with van der Waals surface area (Å²) in [5, 5.41) is 17.5. The van der Waals surface area contributed by atoms with Crippen molar-refractivity contribution in [1.82, 2.24) is 29.1 Å². The molecule has 0 fully saturated rings. The van der Waals surface area contributed by atoms with Crippen LogP contribution in [0, 0.1) is 11.3 Å². The number of fused-ring (bicyclic) bond motifs is 1. The van der Waals surface area contributed by atoms with Crippen molar-refractivity contribution in [1.29, 1.82) is 5.26 Å². The van der Waals surface area contributed by atoms with Crippen LogP contribution >= 0.6 is 23.2 Å². The monoisotopic (exact) mass is 505 g/mol. The zero-order valence-corrected chi connectivity index (χ0v) is 19.2. The summed E-state index contributed by atoms with van der Waals surface area (Å²) >= 11 is 13.1. The van der Waals surface area contributed by atoms with Crippen LogP contribution in [0.2, 0.25) is 10.0 Å². The molecular formula is C23H13Cl2N7O3. The molecule has 0 aliphatic heterocycles. The predicted molar refractivity (Wildman–Crippen MR) is 130 cm³/mol. The first-order valence-electron chi connectivity index (χ1n) is 10.1. The normalized spacial score (nSPS) is 11.0. The summed E-state index contributed by atoms with van der Waals surface area (Å²) < 4.78 is 3.91. The van der Waals surface area contributed by atoms with Gasteiger partial charge in [0.25, 0.3) is 11.1 Å². The number of nitrogens with one attached hydrogen (secondary N) is 1. The molecule has 0 atom stereocenters. The zero-order valence-electron chi connectivity index (χ0n) is 17.6. The van der Waals surface area contributed by atoms with Crippen LogP contribution in [0.5, 0.6) is 0 Å². The fraction of sp³-hybridized carbons (Fsp3) is 0.0435. The maximum absolute atomic E-state index is 12.6. The van der Waals surface area contributed by atoms with Crippen molar-refractivity contribution < 1.29 is 0 Å². The number of pyridine rings is 1. The van der Waals surface area contributed by atoms with Crippen molar-refractivity contribution in [2.24, 2.45) is 0 Å². The summed E-state index contributed by atoms with van der Waals surface area (Å²) in [6.07, 6.45) is 1.55. The molecule has 0 bridgehead atoms. The molecule has 12 heteroatoms. The van der Waals surface area contributed by atoms with Gasteiger partial charge in [0.2, 0.25) is 5.69 Å². The van der Waals surface area contributed by atoms with Crippen molar-refractivity contribution in [3.63, 3.8) is 0 Å². The smallest absolute Gasteiger partial charge is 0.301 e. The van der Waals surface area contributed by atoms with E-state index in [1.807, 2.05) is 35.3 Å². The largest absolute Gasteiger partial charge is 0.349 e. The highest BCUT2D eigenvalue weighted by atomic mass is 35.5. The average Bonchev–Trinajstić information content (AvgIpc) is 3.25. The zero-order chi connectivity index (χ0) is 24.7. The number of benzene rings is 2. The summed E-state index contributed by atoms with van der Waals surface area (Å²) in [5.41, 5.74) is 0.133. The number of halogens is 2. The topological polar surface area (TPSA) is 131 Å². The van der Waals surface area contributed by atoms with Gasteiger partial charge in [0.05, 0.1) is 39.5 Å². The second kappa shape index (κ2) is 8.72. The van der Waals surface area contributed by atoms with E-state index in [0.29, 0.717) is 23.3 Å². The van der Waals surface area contributed by atoms with Gasteiger partial charge in [-0.1, -0.05) is 53.5 Å². The van der Waals surface area contributed by atoms with Gasteiger partial charge >= 0.3 is 5.69 Å². The molecule has 0 unspecified atom stereocenters. The highest BCUT2D eigenvalue weighted by Crippen LogP contribution is 2.32. The van der Waals surface area contributed by atoms with Crippen molar-refractivity contribution in [3.8, 4) is 17.4 Å². The van der Waals surface area contributed by atoms with Gasteiger partial charge in [-0.2, -0.15) is 15.0 Å². The maximum atomic E-state index is 12.6. The van der Waals surface area contributed by atoms with Crippen molar-refractivity contribution in [3.05, 3.63) is 113 Å². The molecule has 3 heterocycles. The van der Waals surface area contributed by atoms with Crippen LogP contribution in [0.4, 0.5) is 0 Å². The van der Waals surface area contributed by atoms with Gasteiger partial charge < -0.3 is 4.57 Å². The SMILES string of the molecule is N#Cc1nn(-c2cc(Cl)c(-n3ncc4c3ccc(=O)n4Cc3ccccc3)c(Cl)c2)c(=O)[nH]c1=O. The second-order valence-electron chi connectivity index (χ2n) is 7.46. The van der Waals surface area contributed by atoms with Gasteiger partial charge in [0.1, 0.15) is 11.8 Å². The van der Waals surface area contributed by atoms with E-state index in [2.05, 4.69) is 10.2 Å². The number of hydrogen-bond acceptors (Lipinski definition) is 6. The summed E-state index contributed by atoms with van der Waals surface area (Å²) in [4.78, 5) is 38.5. The lowest BCUT2D eigenvalue weighted by Crippen LogP contribution is -2.33. The highest BCUT2D eigenvalue weighted by Gasteiger charge is 2.18. The maximum Gasteiger partial charge on any atom is 0.349 e.